The van der Waals surface area contributed by atoms with Crippen LogP contribution in [0.5, 0.6) is 0 Å². The van der Waals surface area contributed by atoms with E-state index in [4.69, 9.17) is 0 Å². The predicted molar refractivity (Wildman–Crippen MR) is 50.6 cm³/mol. The first-order chi connectivity index (χ1) is 5.25. The van der Waals surface area contributed by atoms with Crippen LogP contribution in [0.1, 0.15) is 0 Å². The third kappa shape index (κ3) is 1.32. The van der Waals surface area contributed by atoms with E-state index in [1.807, 2.05) is 28.9 Å². The Bertz CT molecular complexity index is 394. The molecule has 0 atom stereocenters. The van der Waals surface area contributed by atoms with Crippen LogP contribution in [0.4, 0.5) is 0 Å². The molecule has 0 aliphatic carbocycles. The average molecular weight is 276 g/mol. The van der Waals surface area contributed by atoms with Crippen LogP contribution in [0.3, 0.4) is 0 Å². The normalized spacial score (nSPS) is 10.7. The van der Waals surface area contributed by atoms with Crippen LogP contribution in [0.2, 0.25) is 0 Å². The lowest BCUT2D eigenvalue weighted by Gasteiger charge is -1.91. The molecule has 11 heavy (non-hydrogen) atoms. The maximum Gasteiger partial charge on any atom is 0.138 e. The third-order valence-electron chi connectivity index (χ3n) is 1.39. The van der Waals surface area contributed by atoms with Gasteiger partial charge in [-0.25, -0.2) is 4.98 Å². The number of imidazole rings is 1. The SMILES string of the molecule is Brc1ccc2nc(Br)cn2c1. The van der Waals surface area contributed by atoms with Gasteiger partial charge in [-0.2, -0.15) is 0 Å². The number of aromatic nitrogens is 2. The fourth-order valence-electron chi connectivity index (χ4n) is 0.934. The quantitative estimate of drug-likeness (QED) is 0.723. The Labute approximate surface area is 80.5 Å². The minimum Gasteiger partial charge on any atom is -0.305 e. The molecule has 0 spiro atoms. The van der Waals surface area contributed by atoms with Gasteiger partial charge in [0.1, 0.15) is 10.3 Å². The van der Waals surface area contributed by atoms with E-state index < -0.39 is 0 Å². The van der Waals surface area contributed by atoms with Crippen LogP contribution in [0.15, 0.2) is 33.6 Å². The molecule has 0 radical (unpaired) electrons. The third-order valence-corrected chi connectivity index (χ3v) is 2.24. The molecule has 0 unspecified atom stereocenters. The van der Waals surface area contributed by atoms with E-state index in [1.165, 1.54) is 0 Å². The monoisotopic (exact) mass is 274 g/mol. The van der Waals surface area contributed by atoms with E-state index in [1.54, 1.807) is 0 Å². The highest BCUT2D eigenvalue weighted by atomic mass is 79.9. The number of fused-ring (bicyclic) bond motifs is 1. The topological polar surface area (TPSA) is 17.3 Å². The van der Waals surface area contributed by atoms with Crippen LogP contribution >= 0.6 is 31.9 Å². The number of hydrogen-bond donors (Lipinski definition) is 0. The van der Waals surface area contributed by atoms with Gasteiger partial charge in [-0.15, -0.1) is 0 Å². The van der Waals surface area contributed by atoms with Crippen molar-refractivity contribution in [1.82, 2.24) is 9.38 Å². The molecule has 0 aromatic carbocycles. The lowest BCUT2D eigenvalue weighted by Crippen LogP contribution is -1.80. The van der Waals surface area contributed by atoms with Gasteiger partial charge in [-0.05, 0) is 44.0 Å². The molecule has 0 bridgehead atoms. The number of pyridine rings is 1. The van der Waals surface area contributed by atoms with Crippen molar-refractivity contribution < 1.29 is 0 Å². The molecule has 2 rings (SSSR count). The zero-order valence-electron chi connectivity index (χ0n) is 5.46. The van der Waals surface area contributed by atoms with Crippen molar-refractivity contribution in [3.63, 3.8) is 0 Å². The molecule has 0 saturated heterocycles. The maximum atomic E-state index is 4.21. The Morgan fingerprint density at radius 2 is 2.00 bits per heavy atom. The first kappa shape index (κ1) is 7.31. The summed E-state index contributed by atoms with van der Waals surface area (Å²) >= 11 is 6.68. The lowest BCUT2D eigenvalue weighted by molar-refractivity contribution is 1.17. The molecule has 0 N–H and O–H groups in total. The molecular weight excluding hydrogens is 272 g/mol. The van der Waals surface area contributed by atoms with Crippen molar-refractivity contribution in [1.29, 1.82) is 0 Å². The van der Waals surface area contributed by atoms with Gasteiger partial charge in [0.25, 0.3) is 0 Å². The molecule has 0 aliphatic rings. The van der Waals surface area contributed by atoms with E-state index >= 15 is 0 Å². The summed E-state index contributed by atoms with van der Waals surface area (Å²) in [6, 6.07) is 3.92. The van der Waals surface area contributed by atoms with Gasteiger partial charge >= 0.3 is 0 Å². The van der Waals surface area contributed by atoms with Crippen molar-refractivity contribution in [2.45, 2.75) is 0 Å². The number of rotatable bonds is 0. The van der Waals surface area contributed by atoms with Crippen LogP contribution < -0.4 is 0 Å². The summed E-state index contributed by atoms with van der Waals surface area (Å²) in [6.45, 7) is 0. The largest absolute Gasteiger partial charge is 0.305 e. The van der Waals surface area contributed by atoms with Crippen LogP contribution in [-0.2, 0) is 0 Å². The Kier molecular flexibility index (Phi) is 1.73. The minimum absolute atomic E-state index is 0.857. The lowest BCUT2D eigenvalue weighted by atomic mass is 10.5. The molecule has 0 fully saturated rings. The Hall–Kier alpha value is -0.350. The van der Waals surface area contributed by atoms with Crippen molar-refractivity contribution in [3.05, 3.63) is 33.6 Å². The second-order valence-corrected chi connectivity index (χ2v) is 3.90. The van der Waals surface area contributed by atoms with Gasteiger partial charge in [-0.3, -0.25) is 0 Å². The summed E-state index contributed by atoms with van der Waals surface area (Å²) in [5.41, 5.74) is 0.945. The van der Waals surface area contributed by atoms with Crippen LogP contribution in [0, 0.1) is 0 Å². The summed E-state index contributed by atoms with van der Waals surface area (Å²) in [5.74, 6) is 0. The Balaban J connectivity index is 2.82. The zero-order chi connectivity index (χ0) is 7.84. The number of hydrogen-bond acceptors (Lipinski definition) is 1. The molecule has 2 aromatic rings. The molecule has 0 aliphatic heterocycles. The minimum atomic E-state index is 0.857. The van der Waals surface area contributed by atoms with Crippen molar-refractivity contribution >= 4 is 37.5 Å². The number of halogens is 2. The maximum absolute atomic E-state index is 4.21. The smallest absolute Gasteiger partial charge is 0.138 e. The summed E-state index contributed by atoms with van der Waals surface area (Å²) in [4.78, 5) is 4.21. The van der Waals surface area contributed by atoms with E-state index in [2.05, 4.69) is 36.8 Å². The number of nitrogens with zero attached hydrogens (tertiary/aromatic N) is 2. The van der Waals surface area contributed by atoms with E-state index in [0.29, 0.717) is 0 Å². The molecule has 0 saturated carbocycles. The second-order valence-electron chi connectivity index (χ2n) is 2.18. The Morgan fingerprint density at radius 3 is 2.82 bits per heavy atom. The molecule has 0 amide bonds. The second kappa shape index (κ2) is 2.60. The molecule has 2 aromatic heterocycles. The van der Waals surface area contributed by atoms with Gasteiger partial charge < -0.3 is 4.40 Å². The van der Waals surface area contributed by atoms with E-state index in [-0.39, 0.29) is 0 Å². The summed E-state index contributed by atoms with van der Waals surface area (Å²) in [7, 11) is 0. The van der Waals surface area contributed by atoms with Gasteiger partial charge in [0.15, 0.2) is 0 Å². The summed E-state index contributed by atoms with van der Waals surface area (Å²) < 4.78 is 3.86. The van der Waals surface area contributed by atoms with Gasteiger partial charge in [0.2, 0.25) is 0 Å². The molecule has 56 valence electrons. The van der Waals surface area contributed by atoms with Crippen molar-refractivity contribution in [3.8, 4) is 0 Å². The molecule has 2 heterocycles. The highest BCUT2D eigenvalue weighted by Crippen LogP contribution is 2.14. The van der Waals surface area contributed by atoms with Gasteiger partial charge in [0.05, 0.1) is 0 Å². The average Bonchev–Trinajstić information content (AvgIpc) is 2.27. The van der Waals surface area contributed by atoms with Crippen LogP contribution in [-0.4, -0.2) is 9.38 Å². The van der Waals surface area contributed by atoms with Gasteiger partial charge in [0, 0.05) is 16.9 Å². The molecule has 2 nitrogen and oxygen atoms in total. The molecular formula is C7H4Br2N2. The van der Waals surface area contributed by atoms with Gasteiger partial charge in [-0.1, -0.05) is 0 Å². The summed E-state index contributed by atoms with van der Waals surface area (Å²) in [6.07, 6.45) is 3.88. The standard InChI is InChI=1S/C7H4Br2N2/c8-5-1-2-7-10-6(9)4-11(7)3-5/h1-4H. The van der Waals surface area contributed by atoms with Crippen molar-refractivity contribution in [2.24, 2.45) is 0 Å². The Morgan fingerprint density at radius 1 is 1.18 bits per heavy atom. The van der Waals surface area contributed by atoms with E-state index in [0.717, 1.165) is 14.7 Å². The summed E-state index contributed by atoms with van der Waals surface area (Å²) in [5, 5.41) is 0. The fraction of sp³-hybridized carbons (Fsp3) is 0. The fourth-order valence-corrected chi connectivity index (χ4v) is 1.69. The highest BCUT2D eigenvalue weighted by molar-refractivity contribution is 9.10. The predicted octanol–water partition coefficient (Wildman–Crippen LogP) is 2.86. The first-order valence-electron chi connectivity index (χ1n) is 3.05. The highest BCUT2D eigenvalue weighted by Gasteiger charge is 1.96. The first-order valence-corrected chi connectivity index (χ1v) is 4.64. The van der Waals surface area contributed by atoms with E-state index in [9.17, 15) is 0 Å². The zero-order valence-corrected chi connectivity index (χ0v) is 8.63. The van der Waals surface area contributed by atoms with Crippen LogP contribution in [0.25, 0.3) is 5.65 Å². The molecule has 4 heteroatoms. The van der Waals surface area contributed by atoms with Crippen molar-refractivity contribution in [2.75, 3.05) is 0 Å².